The van der Waals surface area contributed by atoms with Crippen LogP contribution in [0.5, 0.6) is 0 Å². The van der Waals surface area contributed by atoms with E-state index < -0.39 is 11.3 Å². The predicted molar refractivity (Wildman–Crippen MR) is 133 cm³/mol. The molecule has 0 saturated carbocycles. The van der Waals surface area contributed by atoms with Crippen LogP contribution in [-0.4, -0.2) is 63.4 Å². The van der Waals surface area contributed by atoms with Crippen LogP contribution in [0.25, 0.3) is 11.3 Å². The number of methoxy groups -OCH3 is 1. The van der Waals surface area contributed by atoms with Crippen LogP contribution in [0, 0.1) is 5.92 Å². The van der Waals surface area contributed by atoms with Crippen molar-refractivity contribution in [2.24, 2.45) is 16.6 Å². The van der Waals surface area contributed by atoms with Gasteiger partial charge >= 0.3 is 0 Å². The minimum absolute atomic E-state index is 0.0403. The molecule has 0 aromatic carbocycles. The maximum absolute atomic E-state index is 12.8. The number of anilines is 1. The molecular formula is C24H32N8O3. The molecule has 0 spiro atoms. The Bertz CT molecular complexity index is 1140. The van der Waals surface area contributed by atoms with Gasteiger partial charge in [-0.05, 0) is 24.5 Å². The quantitative estimate of drug-likeness (QED) is 0.238. The number of carbonyl (C=O) groups excluding carboxylic acids is 1. The zero-order chi connectivity index (χ0) is 25.4. The van der Waals surface area contributed by atoms with Gasteiger partial charge in [0.2, 0.25) is 5.95 Å². The average Bonchev–Trinajstić information content (AvgIpc) is 3.33. The van der Waals surface area contributed by atoms with E-state index in [9.17, 15) is 4.79 Å². The highest BCUT2D eigenvalue weighted by atomic mass is 16.5. The highest BCUT2D eigenvalue weighted by Crippen LogP contribution is 2.33. The van der Waals surface area contributed by atoms with Crippen molar-refractivity contribution in [3.63, 3.8) is 0 Å². The van der Waals surface area contributed by atoms with Crippen molar-refractivity contribution in [1.82, 2.24) is 24.7 Å². The molecule has 1 atom stereocenters. The van der Waals surface area contributed by atoms with E-state index >= 15 is 0 Å². The van der Waals surface area contributed by atoms with Gasteiger partial charge in [0.15, 0.2) is 0 Å². The third-order valence-corrected chi connectivity index (χ3v) is 6.02. The smallest absolute Gasteiger partial charge is 0.281 e. The van der Waals surface area contributed by atoms with Crippen LogP contribution in [0.3, 0.4) is 0 Å². The van der Waals surface area contributed by atoms with Gasteiger partial charge in [0.1, 0.15) is 5.84 Å². The molecular weight excluding hydrogens is 448 g/mol. The van der Waals surface area contributed by atoms with Crippen LogP contribution in [-0.2, 0) is 21.4 Å². The van der Waals surface area contributed by atoms with Gasteiger partial charge in [-0.2, -0.15) is 10.1 Å². The molecule has 3 rings (SSSR count). The van der Waals surface area contributed by atoms with Gasteiger partial charge in [0.25, 0.3) is 5.91 Å². The normalized spacial score (nSPS) is 13.7. The summed E-state index contributed by atoms with van der Waals surface area (Å²) in [5.41, 5.74) is 13.9. The lowest BCUT2D eigenvalue weighted by molar-refractivity contribution is 0.0654. The molecule has 1 amide bonds. The molecule has 0 radical (unpaired) electrons. The number of hydrogen-bond acceptors (Lipinski definition) is 8. The van der Waals surface area contributed by atoms with Crippen LogP contribution >= 0.6 is 0 Å². The molecule has 0 aliphatic carbocycles. The summed E-state index contributed by atoms with van der Waals surface area (Å²) in [6.45, 7) is 8.00. The van der Waals surface area contributed by atoms with Crippen LogP contribution in [0.4, 0.5) is 5.95 Å². The minimum atomic E-state index is -0.718. The van der Waals surface area contributed by atoms with Crippen molar-refractivity contribution >= 4 is 17.7 Å². The SMILES string of the molecule is COCCOCCn1cc(C(=O)N=C(N)C(C)(c2ccc(-c3cnc(N)nc3)nc2)C(C)C)cn1. The first-order chi connectivity index (χ1) is 16.8. The van der Waals surface area contributed by atoms with E-state index in [2.05, 4.69) is 25.0 Å². The van der Waals surface area contributed by atoms with E-state index in [0.29, 0.717) is 37.6 Å². The lowest BCUT2D eigenvalue weighted by atomic mass is 9.73. The summed E-state index contributed by atoms with van der Waals surface area (Å²) in [6.07, 6.45) is 8.08. The Hall–Kier alpha value is -3.70. The summed E-state index contributed by atoms with van der Waals surface area (Å²) >= 11 is 0. The molecule has 1 unspecified atom stereocenters. The van der Waals surface area contributed by atoms with Gasteiger partial charge in [-0.25, -0.2) is 9.97 Å². The first-order valence-electron chi connectivity index (χ1n) is 11.3. The molecule has 0 saturated heterocycles. The van der Waals surface area contributed by atoms with E-state index in [4.69, 9.17) is 20.9 Å². The molecule has 0 fully saturated rings. The number of aliphatic imine (C=N–C) groups is 1. The van der Waals surface area contributed by atoms with E-state index in [0.717, 1.165) is 11.1 Å². The standard InChI is InChI=1S/C24H32N8O3/c1-16(2)24(3,19-5-6-20(27-14-19)17-11-28-23(26)29-12-17)22(25)31-21(33)18-13-30-32(15-18)7-8-35-10-9-34-4/h5-6,11-16H,7-10H2,1-4H3,(H2,25,31,33)(H2,26,28,29). The van der Waals surface area contributed by atoms with E-state index in [1.807, 2.05) is 32.9 Å². The molecule has 3 aromatic rings. The number of amidine groups is 1. The number of nitrogen functional groups attached to an aromatic ring is 1. The van der Waals surface area contributed by atoms with Crippen molar-refractivity contribution in [2.75, 3.05) is 32.7 Å². The number of carbonyl (C=O) groups is 1. The maximum Gasteiger partial charge on any atom is 0.281 e. The first kappa shape index (κ1) is 25.9. The van der Waals surface area contributed by atoms with Gasteiger partial charge in [0, 0.05) is 37.5 Å². The zero-order valence-electron chi connectivity index (χ0n) is 20.5. The lowest BCUT2D eigenvalue weighted by Gasteiger charge is -2.33. The monoisotopic (exact) mass is 480 g/mol. The second-order valence-electron chi connectivity index (χ2n) is 8.52. The molecule has 0 aliphatic heterocycles. The van der Waals surface area contributed by atoms with Crippen LogP contribution in [0.2, 0.25) is 0 Å². The largest absolute Gasteiger partial charge is 0.386 e. The molecule has 4 N–H and O–H groups in total. The van der Waals surface area contributed by atoms with Gasteiger partial charge in [-0.3, -0.25) is 14.5 Å². The molecule has 35 heavy (non-hydrogen) atoms. The number of pyridine rings is 1. The second-order valence-corrected chi connectivity index (χ2v) is 8.52. The number of nitrogens with zero attached hydrogens (tertiary/aromatic N) is 6. The molecule has 0 bridgehead atoms. The highest BCUT2D eigenvalue weighted by molar-refractivity contribution is 6.05. The van der Waals surface area contributed by atoms with Crippen molar-refractivity contribution < 1.29 is 14.3 Å². The molecule has 0 aliphatic rings. The fourth-order valence-corrected chi connectivity index (χ4v) is 3.41. The fraction of sp³-hybridized carbons (Fsp3) is 0.417. The van der Waals surface area contributed by atoms with Gasteiger partial charge < -0.3 is 20.9 Å². The Kier molecular flexibility index (Phi) is 8.61. The minimum Gasteiger partial charge on any atom is -0.386 e. The van der Waals surface area contributed by atoms with E-state index in [1.165, 1.54) is 6.20 Å². The Labute approximate surface area is 204 Å². The summed E-state index contributed by atoms with van der Waals surface area (Å²) in [4.78, 5) is 29.6. The van der Waals surface area contributed by atoms with Crippen molar-refractivity contribution in [2.45, 2.75) is 32.7 Å². The number of nitrogens with two attached hydrogens (primary N) is 2. The first-order valence-corrected chi connectivity index (χ1v) is 11.3. The summed E-state index contributed by atoms with van der Waals surface area (Å²) in [7, 11) is 1.62. The fourth-order valence-electron chi connectivity index (χ4n) is 3.41. The van der Waals surface area contributed by atoms with Gasteiger partial charge in [0.05, 0.1) is 49.2 Å². The highest BCUT2D eigenvalue weighted by Gasteiger charge is 2.36. The van der Waals surface area contributed by atoms with Crippen LogP contribution in [0.1, 0.15) is 36.7 Å². The Balaban J connectivity index is 1.75. The van der Waals surface area contributed by atoms with Crippen molar-refractivity contribution in [3.05, 3.63) is 54.2 Å². The van der Waals surface area contributed by atoms with Gasteiger partial charge in [-0.15, -0.1) is 0 Å². The molecule has 11 nitrogen and oxygen atoms in total. The number of aromatic nitrogens is 5. The summed E-state index contributed by atoms with van der Waals surface area (Å²) in [5.74, 6) is -0.00562. The van der Waals surface area contributed by atoms with E-state index in [-0.39, 0.29) is 17.7 Å². The second kappa shape index (κ2) is 11.6. The number of amides is 1. The Morgan fingerprint density at radius 3 is 2.49 bits per heavy atom. The number of ether oxygens (including phenoxy) is 2. The number of rotatable bonds is 11. The third kappa shape index (κ3) is 6.25. The van der Waals surface area contributed by atoms with Crippen molar-refractivity contribution in [3.8, 4) is 11.3 Å². The van der Waals surface area contributed by atoms with Crippen molar-refractivity contribution in [1.29, 1.82) is 0 Å². The Morgan fingerprint density at radius 1 is 1.11 bits per heavy atom. The number of hydrogen-bond donors (Lipinski definition) is 2. The summed E-state index contributed by atoms with van der Waals surface area (Å²) < 4.78 is 12.0. The molecule has 3 aromatic heterocycles. The molecule has 11 heteroatoms. The molecule has 186 valence electrons. The third-order valence-electron chi connectivity index (χ3n) is 6.02. The summed E-state index contributed by atoms with van der Waals surface area (Å²) in [6, 6.07) is 3.78. The lowest BCUT2D eigenvalue weighted by Crippen LogP contribution is -2.43. The zero-order valence-corrected chi connectivity index (χ0v) is 20.5. The van der Waals surface area contributed by atoms with E-state index in [1.54, 1.807) is 36.6 Å². The average molecular weight is 481 g/mol. The molecule has 3 heterocycles. The van der Waals surface area contributed by atoms with Gasteiger partial charge in [-0.1, -0.05) is 19.9 Å². The maximum atomic E-state index is 12.8. The Morgan fingerprint density at radius 2 is 1.86 bits per heavy atom. The van der Waals surface area contributed by atoms with Crippen LogP contribution < -0.4 is 11.5 Å². The topological polar surface area (TPSA) is 156 Å². The van der Waals surface area contributed by atoms with Crippen LogP contribution in [0.15, 0.2) is 48.1 Å². The summed E-state index contributed by atoms with van der Waals surface area (Å²) in [5, 5.41) is 4.21. The predicted octanol–water partition coefficient (Wildman–Crippen LogP) is 2.09.